The van der Waals surface area contributed by atoms with Crippen molar-refractivity contribution < 1.29 is 0 Å². The molecule has 2 heterocycles. The minimum atomic E-state index is 0.816. The zero-order chi connectivity index (χ0) is 12.1. The summed E-state index contributed by atoms with van der Waals surface area (Å²) in [6, 6.07) is 1.95. The number of hydrogen-bond donors (Lipinski definition) is 1. The van der Waals surface area contributed by atoms with Crippen LogP contribution in [0, 0.1) is 12.8 Å². The van der Waals surface area contributed by atoms with Gasteiger partial charge in [0, 0.05) is 25.0 Å². The van der Waals surface area contributed by atoms with Crippen LogP contribution < -0.4 is 10.2 Å². The molecule has 1 fully saturated rings. The highest BCUT2D eigenvalue weighted by molar-refractivity contribution is 5.30. The molecule has 0 unspecified atom stereocenters. The molecule has 0 atom stereocenters. The fourth-order valence-corrected chi connectivity index (χ4v) is 2.27. The predicted octanol–water partition coefficient (Wildman–Crippen LogP) is 1.61. The van der Waals surface area contributed by atoms with Gasteiger partial charge in [0.1, 0.15) is 0 Å². The molecule has 1 N–H and O–H groups in total. The lowest BCUT2D eigenvalue weighted by atomic mass is 9.97. The molecule has 4 heteroatoms. The van der Waals surface area contributed by atoms with Crippen molar-refractivity contribution in [1.82, 2.24) is 15.3 Å². The van der Waals surface area contributed by atoms with Crippen LogP contribution in [0.1, 0.15) is 25.5 Å². The molecule has 0 amide bonds. The van der Waals surface area contributed by atoms with Crippen LogP contribution in [0.3, 0.4) is 0 Å². The first-order valence-electron chi connectivity index (χ1n) is 6.55. The van der Waals surface area contributed by atoms with Gasteiger partial charge in [0.25, 0.3) is 0 Å². The van der Waals surface area contributed by atoms with Gasteiger partial charge in [-0.2, -0.15) is 0 Å². The van der Waals surface area contributed by atoms with Crippen LogP contribution in [0.4, 0.5) is 5.95 Å². The quantitative estimate of drug-likeness (QED) is 0.859. The third-order valence-electron chi connectivity index (χ3n) is 3.36. The van der Waals surface area contributed by atoms with Gasteiger partial charge in [-0.3, -0.25) is 0 Å². The maximum atomic E-state index is 4.48. The van der Waals surface area contributed by atoms with Crippen molar-refractivity contribution in [1.29, 1.82) is 0 Å². The summed E-state index contributed by atoms with van der Waals surface area (Å²) in [5, 5.41) is 3.43. The van der Waals surface area contributed by atoms with Crippen molar-refractivity contribution in [2.75, 3.05) is 31.1 Å². The van der Waals surface area contributed by atoms with E-state index in [-0.39, 0.29) is 0 Å². The Morgan fingerprint density at radius 3 is 2.82 bits per heavy atom. The summed E-state index contributed by atoms with van der Waals surface area (Å²) in [4.78, 5) is 11.1. The van der Waals surface area contributed by atoms with Crippen LogP contribution in [0.25, 0.3) is 0 Å². The Hall–Kier alpha value is -1.16. The van der Waals surface area contributed by atoms with Crippen molar-refractivity contribution in [3.8, 4) is 0 Å². The van der Waals surface area contributed by atoms with Gasteiger partial charge in [-0.15, -0.1) is 0 Å². The Morgan fingerprint density at radius 1 is 1.41 bits per heavy atom. The van der Waals surface area contributed by atoms with Crippen LogP contribution in [0.2, 0.25) is 0 Å². The normalized spacial score (nSPS) is 17.4. The van der Waals surface area contributed by atoms with E-state index in [1.165, 1.54) is 12.8 Å². The van der Waals surface area contributed by atoms with Crippen LogP contribution >= 0.6 is 0 Å². The molecule has 1 aromatic heterocycles. The average Bonchev–Trinajstić information content (AvgIpc) is 2.37. The Morgan fingerprint density at radius 2 is 2.18 bits per heavy atom. The lowest BCUT2D eigenvalue weighted by Gasteiger charge is -2.32. The molecule has 2 rings (SSSR count). The first kappa shape index (κ1) is 12.3. The highest BCUT2D eigenvalue weighted by Gasteiger charge is 2.20. The summed E-state index contributed by atoms with van der Waals surface area (Å²) >= 11 is 0. The fourth-order valence-electron chi connectivity index (χ4n) is 2.27. The zero-order valence-electron chi connectivity index (χ0n) is 10.8. The number of piperidine rings is 1. The van der Waals surface area contributed by atoms with Crippen molar-refractivity contribution in [2.24, 2.45) is 5.92 Å². The number of hydrogen-bond acceptors (Lipinski definition) is 4. The van der Waals surface area contributed by atoms with Crippen molar-refractivity contribution in [2.45, 2.75) is 26.7 Å². The van der Waals surface area contributed by atoms with E-state index in [0.29, 0.717) is 0 Å². The van der Waals surface area contributed by atoms with Crippen molar-refractivity contribution in [3.05, 3.63) is 18.0 Å². The molecule has 1 aliphatic heterocycles. The van der Waals surface area contributed by atoms with Gasteiger partial charge in [-0.25, -0.2) is 9.97 Å². The molecule has 0 saturated carbocycles. The van der Waals surface area contributed by atoms with E-state index in [9.17, 15) is 0 Å². The summed E-state index contributed by atoms with van der Waals surface area (Å²) in [7, 11) is 0. The second-order valence-corrected chi connectivity index (χ2v) is 4.74. The molecule has 1 saturated heterocycles. The second kappa shape index (κ2) is 5.96. The summed E-state index contributed by atoms with van der Waals surface area (Å²) in [5.41, 5.74) is 1.05. The Balaban J connectivity index is 1.86. The largest absolute Gasteiger partial charge is 0.341 e. The average molecular weight is 234 g/mol. The Kier molecular flexibility index (Phi) is 4.31. The van der Waals surface area contributed by atoms with Gasteiger partial charge < -0.3 is 10.2 Å². The number of nitrogens with zero attached hydrogens (tertiary/aromatic N) is 3. The van der Waals surface area contributed by atoms with Crippen LogP contribution in [-0.4, -0.2) is 36.1 Å². The SMILES string of the molecule is CCNCC1CCN(c2nccc(C)n2)CC1. The molecule has 1 aromatic rings. The van der Waals surface area contributed by atoms with Crippen molar-refractivity contribution >= 4 is 5.95 Å². The molecule has 0 radical (unpaired) electrons. The number of anilines is 1. The lowest BCUT2D eigenvalue weighted by molar-refractivity contribution is 0.384. The van der Waals surface area contributed by atoms with Gasteiger partial charge in [0.2, 0.25) is 5.95 Å². The van der Waals surface area contributed by atoms with Gasteiger partial charge in [-0.05, 0) is 44.8 Å². The van der Waals surface area contributed by atoms with E-state index < -0.39 is 0 Å². The van der Waals surface area contributed by atoms with Crippen LogP contribution in [0.15, 0.2) is 12.3 Å². The van der Waals surface area contributed by atoms with E-state index in [2.05, 4.69) is 27.1 Å². The van der Waals surface area contributed by atoms with Crippen molar-refractivity contribution in [3.63, 3.8) is 0 Å². The van der Waals surface area contributed by atoms with Crippen LogP contribution in [-0.2, 0) is 0 Å². The molecule has 1 aliphatic rings. The molecular weight excluding hydrogens is 212 g/mol. The lowest BCUT2D eigenvalue weighted by Crippen LogP contribution is -2.38. The molecule has 4 nitrogen and oxygen atoms in total. The zero-order valence-corrected chi connectivity index (χ0v) is 10.8. The fraction of sp³-hybridized carbons (Fsp3) is 0.692. The predicted molar refractivity (Wildman–Crippen MR) is 70.2 cm³/mol. The highest BCUT2D eigenvalue weighted by atomic mass is 15.2. The molecule has 0 aromatic carbocycles. The number of rotatable bonds is 4. The Bertz CT molecular complexity index is 345. The van der Waals surface area contributed by atoms with Gasteiger partial charge >= 0.3 is 0 Å². The summed E-state index contributed by atoms with van der Waals surface area (Å²) in [6.45, 7) is 8.57. The Labute approximate surface area is 103 Å². The summed E-state index contributed by atoms with van der Waals surface area (Å²) < 4.78 is 0. The molecule has 0 spiro atoms. The minimum Gasteiger partial charge on any atom is -0.341 e. The third kappa shape index (κ3) is 3.40. The van der Waals surface area contributed by atoms with Gasteiger partial charge in [0.15, 0.2) is 0 Å². The number of aryl methyl sites for hydroxylation is 1. The smallest absolute Gasteiger partial charge is 0.225 e. The number of aromatic nitrogens is 2. The van der Waals surface area contributed by atoms with Crippen LogP contribution in [0.5, 0.6) is 0 Å². The van der Waals surface area contributed by atoms with E-state index >= 15 is 0 Å². The third-order valence-corrected chi connectivity index (χ3v) is 3.36. The standard InChI is InChI=1S/C13H22N4/c1-3-14-10-12-5-8-17(9-6-12)13-15-7-4-11(2)16-13/h4,7,12,14H,3,5-6,8-10H2,1-2H3. The summed E-state index contributed by atoms with van der Waals surface area (Å²) in [6.07, 6.45) is 4.33. The van der Waals surface area contributed by atoms with E-state index in [4.69, 9.17) is 0 Å². The maximum absolute atomic E-state index is 4.48. The second-order valence-electron chi connectivity index (χ2n) is 4.74. The summed E-state index contributed by atoms with van der Waals surface area (Å²) in [5.74, 6) is 1.71. The minimum absolute atomic E-state index is 0.816. The number of nitrogens with one attached hydrogen (secondary N) is 1. The molecular formula is C13H22N4. The maximum Gasteiger partial charge on any atom is 0.225 e. The molecule has 0 aliphatic carbocycles. The van der Waals surface area contributed by atoms with E-state index in [1.807, 2.05) is 19.2 Å². The van der Waals surface area contributed by atoms with Gasteiger partial charge in [0.05, 0.1) is 0 Å². The van der Waals surface area contributed by atoms with E-state index in [0.717, 1.165) is 43.7 Å². The molecule has 0 bridgehead atoms. The molecule has 17 heavy (non-hydrogen) atoms. The topological polar surface area (TPSA) is 41.0 Å². The first-order valence-corrected chi connectivity index (χ1v) is 6.55. The monoisotopic (exact) mass is 234 g/mol. The highest BCUT2D eigenvalue weighted by Crippen LogP contribution is 2.19. The van der Waals surface area contributed by atoms with E-state index in [1.54, 1.807) is 0 Å². The molecule has 94 valence electrons. The first-order chi connectivity index (χ1) is 8.29. The van der Waals surface area contributed by atoms with Gasteiger partial charge in [-0.1, -0.05) is 6.92 Å².